The number of nitrogens with zero attached hydrogens (tertiary/aromatic N) is 4. The summed E-state index contributed by atoms with van der Waals surface area (Å²) in [5, 5.41) is 4.55. The van der Waals surface area contributed by atoms with Crippen LogP contribution in [0.3, 0.4) is 0 Å². The third-order valence-electron chi connectivity index (χ3n) is 3.18. The first-order valence-electron chi connectivity index (χ1n) is 7.35. The van der Waals surface area contributed by atoms with Gasteiger partial charge < -0.3 is 15.1 Å². The summed E-state index contributed by atoms with van der Waals surface area (Å²) in [5.41, 5.74) is 0.999. The lowest BCUT2D eigenvalue weighted by Crippen LogP contribution is -2.18. The summed E-state index contributed by atoms with van der Waals surface area (Å²) >= 11 is 0. The SMILES string of the molecule is CN(C)CCCNc1nc(CN(C)C)nc2ccccc12. The monoisotopic (exact) mass is 287 g/mol. The Kier molecular flexibility index (Phi) is 5.47. The summed E-state index contributed by atoms with van der Waals surface area (Å²) < 4.78 is 0. The van der Waals surface area contributed by atoms with Crippen LogP contribution in [0.25, 0.3) is 10.9 Å². The highest BCUT2D eigenvalue weighted by atomic mass is 15.1. The van der Waals surface area contributed by atoms with E-state index in [1.54, 1.807) is 0 Å². The molecule has 1 heterocycles. The van der Waals surface area contributed by atoms with Gasteiger partial charge in [-0.05, 0) is 53.3 Å². The first-order valence-corrected chi connectivity index (χ1v) is 7.35. The van der Waals surface area contributed by atoms with E-state index in [2.05, 4.69) is 45.2 Å². The van der Waals surface area contributed by atoms with Crippen LogP contribution in [0.1, 0.15) is 12.2 Å². The number of aromatic nitrogens is 2. The fraction of sp³-hybridized carbons (Fsp3) is 0.500. The highest BCUT2D eigenvalue weighted by Gasteiger charge is 2.07. The van der Waals surface area contributed by atoms with Crippen molar-refractivity contribution in [1.29, 1.82) is 0 Å². The van der Waals surface area contributed by atoms with Crippen LogP contribution in [0.2, 0.25) is 0 Å². The second-order valence-corrected chi connectivity index (χ2v) is 5.83. The summed E-state index contributed by atoms with van der Waals surface area (Å²) in [6, 6.07) is 8.16. The standard InChI is InChI=1S/C16H25N5/c1-20(2)11-7-10-17-16-13-8-5-6-9-14(13)18-15(19-16)12-21(3)4/h5-6,8-9H,7,10-12H2,1-4H3,(H,17,18,19). The summed E-state index contributed by atoms with van der Waals surface area (Å²) in [5.74, 6) is 1.80. The Morgan fingerprint density at radius 3 is 2.48 bits per heavy atom. The van der Waals surface area contributed by atoms with Crippen molar-refractivity contribution in [2.45, 2.75) is 13.0 Å². The van der Waals surface area contributed by atoms with Gasteiger partial charge in [-0.3, -0.25) is 0 Å². The van der Waals surface area contributed by atoms with E-state index < -0.39 is 0 Å². The Hall–Kier alpha value is -1.72. The molecule has 0 saturated heterocycles. The number of benzene rings is 1. The van der Waals surface area contributed by atoms with Gasteiger partial charge in [-0.25, -0.2) is 9.97 Å². The number of para-hydroxylation sites is 1. The van der Waals surface area contributed by atoms with Gasteiger partial charge in [0.05, 0.1) is 12.1 Å². The molecule has 1 aromatic heterocycles. The van der Waals surface area contributed by atoms with Crippen molar-refractivity contribution in [3.05, 3.63) is 30.1 Å². The Balaban J connectivity index is 2.18. The van der Waals surface area contributed by atoms with Gasteiger partial charge in [-0.15, -0.1) is 0 Å². The fourth-order valence-electron chi connectivity index (χ4n) is 2.22. The van der Waals surface area contributed by atoms with E-state index in [1.165, 1.54) is 0 Å². The topological polar surface area (TPSA) is 44.3 Å². The molecular formula is C16H25N5. The van der Waals surface area contributed by atoms with E-state index in [-0.39, 0.29) is 0 Å². The van der Waals surface area contributed by atoms with E-state index in [0.717, 1.165) is 48.6 Å². The Bertz CT molecular complexity index is 580. The van der Waals surface area contributed by atoms with Crippen LogP contribution in [-0.4, -0.2) is 61.0 Å². The molecule has 0 aliphatic heterocycles. The van der Waals surface area contributed by atoms with Gasteiger partial charge in [0.25, 0.3) is 0 Å². The van der Waals surface area contributed by atoms with Crippen LogP contribution >= 0.6 is 0 Å². The van der Waals surface area contributed by atoms with Crippen molar-refractivity contribution in [2.75, 3.05) is 46.6 Å². The number of rotatable bonds is 7. The van der Waals surface area contributed by atoms with Gasteiger partial charge in [-0.2, -0.15) is 0 Å². The molecule has 0 saturated carbocycles. The summed E-state index contributed by atoms with van der Waals surface area (Å²) in [7, 11) is 8.25. The van der Waals surface area contributed by atoms with Crippen LogP contribution in [0.15, 0.2) is 24.3 Å². The maximum absolute atomic E-state index is 4.68. The molecule has 0 bridgehead atoms. The highest BCUT2D eigenvalue weighted by molar-refractivity contribution is 5.88. The molecule has 21 heavy (non-hydrogen) atoms. The molecule has 0 spiro atoms. The van der Waals surface area contributed by atoms with Gasteiger partial charge >= 0.3 is 0 Å². The lowest BCUT2D eigenvalue weighted by Gasteiger charge is -2.14. The van der Waals surface area contributed by atoms with Crippen molar-refractivity contribution in [3.63, 3.8) is 0 Å². The maximum atomic E-state index is 4.68. The normalized spacial score (nSPS) is 11.5. The molecule has 0 fully saturated rings. The van der Waals surface area contributed by atoms with Gasteiger partial charge in [0.2, 0.25) is 0 Å². The first-order chi connectivity index (χ1) is 10.1. The average Bonchev–Trinajstić information content (AvgIpc) is 2.42. The number of hydrogen-bond donors (Lipinski definition) is 1. The molecule has 1 aromatic carbocycles. The van der Waals surface area contributed by atoms with Crippen molar-refractivity contribution >= 4 is 16.7 Å². The molecule has 2 rings (SSSR count). The lowest BCUT2D eigenvalue weighted by molar-refractivity contribution is 0.391. The third-order valence-corrected chi connectivity index (χ3v) is 3.18. The summed E-state index contributed by atoms with van der Waals surface area (Å²) in [6.07, 6.45) is 1.09. The molecule has 0 amide bonds. The minimum atomic E-state index is 0.747. The van der Waals surface area contributed by atoms with E-state index in [0.29, 0.717) is 0 Å². The number of fused-ring (bicyclic) bond motifs is 1. The molecule has 0 aliphatic carbocycles. The minimum absolute atomic E-state index is 0.747. The molecule has 114 valence electrons. The van der Waals surface area contributed by atoms with Crippen LogP contribution < -0.4 is 5.32 Å². The average molecular weight is 287 g/mol. The van der Waals surface area contributed by atoms with Crippen LogP contribution in [0, 0.1) is 0 Å². The van der Waals surface area contributed by atoms with Gasteiger partial charge in [0.15, 0.2) is 0 Å². The molecule has 0 aliphatic rings. The zero-order chi connectivity index (χ0) is 15.2. The number of hydrogen-bond acceptors (Lipinski definition) is 5. The molecule has 0 unspecified atom stereocenters. The first kappa shape index (κ1) is 15.7. The quantitative estimate of drug-likeness (QED) is 0.790. The molecule has 0 radical (unpaired) electrons. The van der Waals surface area contributed by atoms with Gasteiger partial charge in [0.1, 0.15) is 11.6 Å². The Labute approximate surface area is 127 Å². The molecule has 1 N–H and O–H groups in total. The van der Waals surface area contributed by atoms with Crippen molar-refractivity contribution in [2.24, 2.45) is 0 Å². The zero-order valence-corrected chi connectivity index (χ0v) is 13.4. The second-order valence-electron chi connectivity index (χ2n) is 5.83. The minimum Gasteiger partial charge on any atom is -0.369 e. The zero-order valence-electron chi connectivity index (χ0n) is 13.4. The summed E-state index contributed by atoms with van der Waals surface area (Å²) in [6.45, 7) is 2.73. The highest BCUT2D eigenvalue weighted by Crippen LogP contribution is 2.20. The molecule has 5 heteroatoms. The van der Waals surface area contributed by atoms with E-state index in [4.69, 9.17) is 0 Å². The van der Waals surface area contributed by atoms with Crippen LogP contribution in [0.4, 0.5) is 5.82 Å². The lowest BCUT2D eigenvalue weighted by atomic mass is 10.2. The van der Waals surface area contributed by atoms with E-state index >= 15 is 0 Å². The second kappa shape index (κ2) is 7.33. The molecular weight excluding hydrogens is 262 g/mol. The molecule has 2 aromatic rings. The fourth-order valence-corrected chi connectivity index (χ4v) is 2.22. The van der Waals surface area contributed by atoms with Crippen LogP contribution in [0.5, 0.6) is 0 Å². The largest absolute Gasteiger partial charge is 0.369 e. The Morgan fingerprint density at radius 2 is 1.76 bits per heavy atom. The summed E-state index contributed by atoms with van der Waals surface area (Å²) in [4.78, 5) is 13.6. The Morgan fingerprint density at radius 1 is 1.00 bits per heavy atom. The number of anilines is 1. The van der Waals surface area contributed by atoms with Crippen molar-refractivity contribution in [3.8, 4) is 0 Å². The van der Waals surface area contributed by atoms with Crippen molar-refractivity contribution < 1.29 is 0 Å². The predicted octanol–water partition coefficient (Wildman–Crippen LogP) is 2.05. The molecule has 0 atom stereocenters. The van der Waals surface area contributed by atoms with Gasteiger partial charge in [-0.1, -0.05) is 12.1 Å². The van der Waals surface area contributed by atoms with E-state index in [9.17, 15) is 0 Å². The number of nitrogens with one attached hydrogen (secondary N) is 1. The maximum Gasteiger partial charge on any atom is 0.145 e. The third kappa shape index (κ3) is 4.65. The van der Waals surface area contributed by atoms with E-state index in [1.807, 2.05) is 32.3 Å². The van der Waals surface area contributed by atoms with Crippen molar-refractivity contribution in [1.82, 2.24) is 19.8 Å². The smallest absolute Gasteiger partial charge is 0.145 e. The predicted molar refractivity (Wildman–Crippen MR) is 88.6 cm³/mol. The van der Waals surface area contributed by atoms with Gasteiger partial charge in [0, 0.05) is 11.9 Å². The molecule has 5 nitrogen and oxygen atoms in total. The van der Waals surface area contributed by atoms with Crippen LogP contribution in [-0.2, 0) is 6.54 Å².